The van der Waals surface area contributed by atoms with Crippen molar-refractivity contribution in [2.45, 2.75) is 5.88 Å². The van der Waals surface area contributed by atoms with Crippen LogP contribution in [0.3, 0.4) is 0 Å². The molecule has 1 heterocycles. The highest BCUT2D eigenvalue weighted by atomic mass is 35.5. The third-order valence-corrected chi connectivity index (χ3v) is 4.94. The van der Waals surface area contributed by atoms with Crippen molar-refractivity contribution in [2.24, 2.45) is 0 Å². The van der Waals surface area contributed by atoms with E-state index in [0.29, 0.717) is 24.5 Å². The molecule has 0 atom stereocenters. The van der Waals surface area contributed by atoms with E-state index < -0.39 is 9.84 Å². The van der Waals surface area contributed by atoms with Gasteiger partial charge in [-0.2, -0.15) is 5.26 Å². The molecule has 0 aromatic heterocycles. The van der Waals surface area contributed by atoms with Crippen molar-refractivity contribution >= 4 is 27.1 Å². The molecular formula is C12H13ClN2O2S. The summed E-state index contributed by atoms with van der Waals surface area (Å²) >= 11 is 5.73. The van der Waals surface area contributed by atoms with Gasteiger partial charge in [-0.05, 0) is 17.7 Å². The maximum Gasteiger partial charge on any atom is 0.153 e. The number of hydrogen-bond acceptors (Lipinski definition) is 4. The summed E-state index contributed by atoms with van der Waals surface area (Å²) < 4.78 is 22.7. The van der Waals surface area contributed by atoms with Crippen molar-refractivity contribution in [3.63, 3.8) is 0 Å². The van der Waals surface area contributed by atoms with E-state index >= 15 is 0 Å². The molecule has 0 aliphatic carbocycles. The first-order chi connectivity index (χ1) is 8.55. The highest BCUT2D eigenvalue weighted by molar-refractivity contribution is 7.91. The lowest BCUT2D eigenvalue weighted by molar-refractivity contribution is 0.587. The third-order valence-electron chi connectivity index (χ3n) is 3.02. The zero-order valence-corrected chi connectivity index (χ0v) is 11.3. The van der Waals surface area contributed by atoms with E-state index in [0.717, 1.165) is 11.3 Å². The summed E-state index contributed by atoms with van der Waals surface area (Å²) in [6, 6.07) is 7.60. The number of nitriles is 1. The number of nitrogens with zero attached hydrogens (tertiary/aromatic N) is 2. The van der Waals surface area contributed by atoms with E-state index in [2.05, 4.69) is 6.07 Å². The standard InChI is InChI=1S/C12H13ClN2O2S/c13-8-10-1-2-12(11(7-10)9-14)15-3-5-18(16,17)6-4-15/h1-2,7H,3-6,8H2. The highest BCUT2D eigenvalue weighted by Gasteiger charge is 2.23. The predicted molar refractivity (Wildman–Crippen MR) is 71.6 cm³/mol. The zero-order valence-electron chi connectivity index (χ0n) is 9.76. The van der Waals surface area contributed by atoms with Crippen LogP contribution in [0, 0.1) is 11.3 Å². The van der Waals surface area contributed by atoms with E-state index in [1.165, 1.54) is 0 Å². The average Bonchev–Trinajstić information content (AvgIpc) is 2.38. The van der Waals surface area contributed by atoms with Crippen molar-refractivity contribution in [3.8, 4) is 6.07 Å². The van der Waals surface area contributed by atoms with Gasteiger partial charge in [0.2, 0.25) is 0 Å². The molecule has 1 fully saturated rings. The molecule has 0 bridgehead atoms. The van der Waals surface area contributed by atoms with E-state index in [4.69, 9.17) is 16.9 Å². The first-order valence-electron chi connectivity index (χ1n) is 5.60. The van der Waals surface area contributed by atoms with E-state index in [-0.39, 0.29) is 11.5 Å². The molecule has 1 aliphatic heterocycles. The second-order valence-electron chi connectivity index (χ2n) is 4.24. The molecule has 0 radical (unpaired) electrons. The first-order valence-corrected chi connectivity index (χ1v) is 7.96. The average molecular weight is 285 g/mol. The summed E-state index contributed by atoms with van der Waals surface area (Å²) in [5.74, 6) is 0.660. The smallest absolute Gasteiger partial charge is 0.153 e. The first kappa shape index (κ1) is 13.2. The molecule has 1 aromatic rings. The van der Waals surface area contributed by atoms with Gasteiger partial charge in [-0.1, -0.05) is 6.07 Å². The summed E-state index contributed by atoms with van der Waals surface area (Å²) in [6.07, 6.45) is 0. The largest absolute Gasteiger partial charge is 0.368 e. The van der Waals surface area contributed by atoms with Gasteiger partial charge in [-0.25, -0.2) is 8.42 Å². The number of benzene rings is 1. The van der Waals surface area contributed by atoms with E-state index in [1.807, 2.05) is 17.0 Å². The number of rotatable bonds is 2. The molecule has 0 unspecified atom stereocenters. The van der Waals surface area contributed by atoms with Gasteiger partial charge >= 0.3 is 0 Å². The minimum Gasteiger partial charge on any atom is -0.368 e. The van der Waals surface area contributed by atoms with E-state index in [9.17, 15) is 8.42 Å². The number of alkyl halides is 1. The molecule has 4 nitrogen and oxygen atoms in total. The van der Waals surface area contributed by atoms with Crippen LogP contribution in [0.25, 0.3) is 0 Å². The Kier molecular flexibility index (Phi) is 3.79. The minimum absolute atomic E-state index is 0.148. The van der Waals surface area contributed by atoms with Crippen molar-refractivity contribution < 1.29 is 8.42 Å². The lowest BCUT2D eigenvalue weighted by atomic mass is 10.1. The summed E-state index contributed by atoms with van der Waals surface area (Å²) in [6.45, 7) is 0.883. The highest BCUT2D eigenvalue weighted by Crippen LogP contribution is 2.23. The molecule has 1 aromatic carbocycles. The quantitative estimate of drug-likeness (QED) is 0.773. The van der Waals surface area contributed by atoms with Crippen LogP contribution in [0.4, 0.5) is 5.69 Å². The van der Waals surface area contributed by atoms with Gasteiger partial charge in [0.05, 0.1) is 22.8 Å². The normalized spacial score (nSPS) is 18.3. The summed E-state index contributed by atoms with van der Waals surface area (Å²) in [4.78, 5) is 1.94. The van der Waals surface area contributed by atoms with E-state index in [1.54, 1.807) is 6.07 Å². The minimum atomic E-state index is -2.90. The van der Waals surface area contributed by atoms with Crippen LogP contribution in [0.2, 0.25) is 0 Å². The predicted octanol–water partition coefficient (Wildman–Crippen LogP) is 1.53. The lowest BCUT2D eigenvalue weighted by Gasteiger charge is -2.29. The second-order valence-corrected chi connectivity index (χ2v) is 6.81. The topological polar surface area (TPSA) is 61.2 Å². The van der Waals surface area contributed by atoms with Crippen molar-refractivity contribution in [3.05, 3.63) is 29.3 Å². The van der Waals surface area contributed by atoms with Gasteiger partial charge < -0.3 is 4.90 Å². The Hall–Kier alpha value is -1.25. The molecule has 1 saturated heterocycles. The Bertz CT molecular complexity index is 579. The third kappa shape index (κ3) is 2.77. The summed E-state index contributed by atoms with van der Waals surface area (Å²) in [5, 5.41) is 9.13. The molecule has 0 amide bonds. The summed E-state index contributed by atoms with van der Waals surface area (Å²) in [5.41, 5.74) is 2.23. The van der Waals surface area contributed by atoms with Crippen LogP contribution in [-0.4, -0.2) is 33.0 Å². The van der Waals surface area contributed by atoms with Crippen LogP contribution >= 0.6 is 11.6 Å². The van der Waals surface area contributed by atoms with Crippen molar-refractivity contribution in [2.75, 3.05) is 29.5 Å². The zero-order chi connectivity index (χ0) is 13.2. The fraction of sp³-hybridized carbons (Fsp3) is 0.417. The Morgan fingerprint density at radius 3 is 2.56 bits per heavy atom. The van der Waals surface area contributed by atoms with Crippen LogP contribution in [0.5, 0.6) is 0 Å². The SMILES string of the molecule is N#Cc1cc(CCl)ccc1N1CCS(=O)(=O)CC1. The van der Waals surface area contributed by atoms with Crippen LogP contribution in [-0.2, 0) is 15.7 Å². The van der Waals surface area contributed by atoms with Crippen molar-refractivity contribution in [1.82, 2.24) is 0 Å². The molecule has 6 heteroatoms. The Morgan fingerprint density at radius 1 is 1.33 bits per heavy atom. The van der Waals surface area contributed by atoms with Crippen LogP contribution in [0.1, 0.15) is 11.1 Å². The molecule has 0 N–H and O–H groups in total. The number of sulfone groups is 1. The van der Waals surface area contributed by atoms with Crippen LogP contribution < -0.4 is 4.90 Å². The van der Waals surface area contributed by atoms with Gasteiger partial charge in [-0.3, -0.25) is 0 Å². The van der Waals surface area contributed by atoms with Gasteiger partial charge in [0.15, 0.2) is 9.84 Å². The second kappa shape index (κ2) is 5.17. The Balaban J connectivity index is 2.27. The van der Waals surface area contributed by atoms with Gasteiger partial charge in [0.1, 0.15) is 6.07 Å². The maximum absolute atomic E-state index is 11.4. The Labute approximate surface area is 112 Å². The maximum atomic E-state index is 11.4. The van der Waals surface area contributed by atoms with Gasteiger partial charge in [-0.15, -0.1) is 11.6 Å². The number of anilines is 1. The molecule has 2 rings (SSSR count). The fourth-order valence-electron chi connectivity index (χ4n) is 1.98. The van der Waals surface area contributed by atoms with Crippen molar-refractivity contribution in [1.29, 1.82) is 5.26 Å². The monoisotopic (exact) mass is 284 g/mol. The number of hydrogen-bond donors (Lipinski definition) is 0. The summed E-state index contributed by atoms with van der Waals surface area (Å²) in [7, 11) is -2.90. The van der Waals surface area contributed by atoms with Gasteiger partial charge in [0.25, 0.3) is 0 Å². The lowest BCUT2D eigenvalue weighted by Crippen LogP contribution is -2.40. The molecule has 1 aliphatic rings. The van der Waals surface area contributed by atoms with Crippen LogP contribution in [0.15, 0.2) is 18.2 Å². The molecule has 0 saturated carbocycles. The van der Waals surface area contributed by atoms with Gasteiger partial charge in [0, 0.05) is 19.0 Å². The number of halogens is 1. The molecular weight excluding hydrogens is 272 g/mol. The molecule has 96 valence electrons. The molecule has 0 spiro atoms. The molecule has 18 heavy (non-hydrogen) atoms. The Morgan fingerprint density at radius 2 is 2.00 bits per heavy atom. The fourth-order valence-corrected chi connectivity index (χ4v) is 3.35.